The van der Waals surface area contributed by atoms with Gasteiger partial charge in [-0.15, -0.1) is 0 Å². The van der Waals surface area contributed by atoms with Crippen LogP contribution in [0.3, 0.4) is 0 Å². The van der Waals surface area contributed by atoms with Crippen LogP contribution in [0.1, 0.15) is 23.8 Å². The molecule has 1 atom stereocenters. The van der Waals surface area contributed by atoms with Crippen LogP contribution in [0.15, 0.2) is 40.9 Å². The van der Waals surface area contributed by atoms with Crippen LogP contribution in [0.5, 0.6) is 0 Å². The lowest BCUT2D eigenvalue weighted by molar-refractivity contribution is -0.141. The van der Waals surface area contributed by atoms with Gasteiger partial charge in [0, 0.05) is 17.7 Å². The van der Waals surface area contributed by atoms with Crippen molar-refractivity contribution in [3.8, 4) is 11.3 Å². The molecule has 1 aromatic heterocycles. The summed E-state index contributed by atoms with van der Waals surface area (Å²) in [4.78, 5) is 23.1. The standard InChI is InChI=1S/C15H16N2O4/c1-10(8-14(18)20-2)16-15(19)12-9-13(21-17-12)11-6-4-3-5-7-11/h3-7,9-10H,8H2,1-2H3,(H,16,19). The minimum absolute atomic E-state index is 0.103. The predicted molar refractivity (Wildman–Crippen MR) is 75.5 cm³/mol. The molecule has 1 amide bonds. The van der Waals surface area contributed by atoms with Crippen LogP contribution in [-0.4, -0.2) is 30.2 Å². The Morgan fingerprint density at radius 3 is 2.71 bits per heavy atom. The smallest absolute Gasteiger partial charge is 0.307 e. The van der Waals surface area contributed by atoms with Gasteiger partial charge in [-0.1, -0.05) is 35.5 Å². The predicted octanol–water partition coefficient (Wildman–Crippen LogP) is 2.02. The average molecular weight is 288 g/mol. The summed E-state index contributed by atoms with van der Waals surface area (Å²) in [5.74, 6) is -0.258. The Morgan fingerprint density at radius 1 is 1.33 bits per heavy atom. The van der Waals surface area contributed by atoms with Gasteiger partial charge in [0.2, 0.25) is 0 Å². The third kappa shape index (κ3) is 3.92. The summed E-state index contributed by atoms with van der Waals surface area (Å²) in [6.07, 6.45) is 0.103. The first-order valence-corrected chi connectivity index (χ1v) is 6.50. The number of nitrogens with zero attached hydrogens (tertiary/aromatic N) is 1. The van der Waals surface area contributed by atoms with Gasteiger partial charge in [0.15, 0.2) is 11.5 Å². The number of rotatable bonds is 5. The number of amides is 1. The van der Waals surface area contributed by atoms with E-state index in [4.69, 9.17) is 4.52 Å². The second-order valence-electron chi connectivity index (χ2n) is 4.60. The van der Waals surface area contributed by atoms with E-state index < -0.39 is 5.91 Å². The molecule has 0 fully saturated rings. The summed E-state index contributed by atoms with van der Waals surface area (Å²) in [6.45, 7) is 1.72. The summed E-state index contributed by atoms with van der Waals surface area (Å²) >= 11 is 0. The fraction of sp³-hybridized carbons (Fsp3) is 0.267. The van der Waals surface area contributed by atoms with Gasteiger partial charge in [-0.25, -0.2) is 0 Å². The maximum atomic E-state index is 12.0. The van der Waals surface area contributed by atoms with Gasteiger partial charge < -0.3 is 14.6 Å². The number of nitrogens with one attached hydrogen (secondary N) is 1. The second kappa shape index (κ2) is 6.69. The number of benzene rings is 1. The van der Waals surface area contributed by atoms with Crippen molar-refractivity contribution in [1.29, 1.82) is 0 Å². The Kier molecular flexibility index (Phi) is 4.71. The number of hydrogen-bond acceptors (Lipinski definition) is 5. The third-order valence-electron chi connectivity index (χ3n) is 2.88. The monoisotopic (exact) mass is 288 g/mol. The number of carbonyl (C=O) groups is 2. The first-order valence-electron chi connectivity index (χ1n) is 6.50. The zero-order chi connectivity index (χ0) is 15.2. The zero-order valence-corrected chi connectivity index (χ0v) is 11.8. The highest BCUT2D eigenvalue weighted by molar-refractivity contribution is 5.93. The van der Waals surface area contributed by atoms with E-state index in [1.165, 1.54) is 7.11 Å². The summed E-state index contributed by atoms with van der Waals surface area (Å²) in [5.41, 5.74) is 1.01. The van der Waals surface area contributed by atoms with E-state index in [1.807, 2.05) is 30.3 Å². The lowest BCUT2D eigenvalue weighted by Crippen LogP contribution is -2.34. The molecular weight excluding hydrogens is 272 g/mol. The first-order chi connectivity index (χ1) is 10.1. The SMILES string of the molecule is COC(=O)CC(C)NC(=O)c1cc(-c2ccccc2)on1. The number of carbonyl (C=O) groups excluding carboxylic acids is 2. The van der Waals surface area contributed by atoms with Crippen LogP contribution in [-0.2, 0) is 9.53 Å². The highest BCUT2D eigenvalue weighted by atomic mass is 16.5. The summed E-state index contributed by atoms with van der Waals surface area (Å²) < 4.78 is 9.70. The first kappa shape index (κ1) is 14.8. The largest absolute Gasteiger partial charge is 0.469 e. The molecule has 0 aliphatic heterocycles. The summed E-state index contributed by atoms with van der Waals surface area (Å²) in [6, 6.07) is 10.6. The number of methoxy groups -OCH3 is 1. The van der Waals surface area contributed by atoms with E-state index >= 15 is 0 Å². The van der Waals surface area contributed by atoms with Crippen LogP contribution in [0.4, 0.5) is 0 Å². The molecule has 1 heterocycles. The Labute approximate surface area is 122 Å². The Hall–Kier alpha value is -2.63. The molecule has 0 saturated carbocycles. The van der Waals surface area contributed by atoms with E-state index in [9.17, 15) is 9.59 Å². The lowest BCUT2D eigenvalue weighted by atomic mass is 10.1. The van der Waals surface area contributed by atoms with Crippen molar-refractivity contribution in [3.05, 3.63) is 42.1 Å². The summed E-state index contributed by atoms with van der Waals surface area (Å²) in [7, 11) is 1.31. The molecule has 1 unspecified atom stereocenters. The molecule has 2 rings (SSSR count). The zero-order valence-electron chi connectivity index (χ0n) is 11.8. The molecule has 0 radical (unpaired) electrons. The highest BCUT2D eigenvalue weighted by Gasteiger charge is 2.17. The van der Waals surface area contributed by atoms with E-state index in [2.05, 4.69) is 15.2 Å². The minimum atomic E-state index is -0.391. The van der Waals surface area contributed by atoms with Crippen LogP contribution >= 0.6 is 0 Å². The van der Waals surface area contributed by atoms with Crippen LogP contribution in [0.2, 0.25) is 0 Å². The minimum Gasteiger partial charge on any atom is -0.469 e. The van der Waals surface area contributed by atoms with Gasteiger partial charge in [-0.3, -0.25) is 9.59 Å². The lowest BCUT2D eigenvalue weighted by Gasteiger charge is -2.10. The topological polar surface area (TPSA) is 81.4 Å². The highest BCUT2D eigenvalue weighted by Crippen LogP contribution is 2.19. The maximum Gasteiger partial charge on any atom is 0.307 e. The quantitative estimate of drug-likeness (QED) is 0.851. The Morgan fingerprint density at radius 2 is 2.05 bits per heavy atom. The van der Waals surface area contributed by atoms with Crippen LogP contribution < -0.4 is 5.32 Å². The van der Waals surface area contributed by atoms with Crippen molar-refractivity contribution in [2.45, 2.75) is 19.4 Å². The average Bonchev–Trinajstić information content (AvgIpc) is 2.97. The maximum absolute atomic E-state index is 12.0. The number of hydrogen-bond donors (Lipinski definition) is 1. The van der Waals surface area contributed by atoms with Crippen molar-refractivity contribution >= 4 is 11.9 Å². The Bertz CT molecular complexity index is 622. The number of aromatic nitrogens is 1. The van der Waals surface area contributed by atoms with Gasteiger partial charge >= 0.3 is 5.97 Å². The van der Waals surface area contributed by atoms with Crippen LogP contribution in [0, 0.1) is 0 Å². The van der Waals surface area contributed by atoms with E-state index in [0.717, 1.165) is 5.56 Å². The molecule has 21 heavy (non-hydrogen) atoms. The molecule has 6 nitrogen and oxygen atoms in total. The third-order valence-corrected chi connectivity index (χ3v) is 2.88. The van der Waals surface area contributed by atoms with Crippen molar-refractivity contribution in [1.82, 2.24) is 10.5 Å². The number of ether oxygens (including phenoxy) is 1. The fourth-order valence-corrected chi connectivity index (χ4v) is 1.80. The molecule has 2 aromatic rings. The molecule has 1 aromatic carbocycles. The van der Waals surface area contributed by atoms with Crippen molar-refractivity contribution in [3.63, 3.8) is 0 Å². The number of esters is 1. The second-order valence-corrected chi connectivity index (χ2v) is 4.60. The van der Waals surface area contributed by atoms with E-state index in [1.54, 1.807) is 13.0 Å². The molecule has 110 valence electrons. The van der Waals surface area contributed by atoms with Gasteiger partial charge in [0.1, 0.15) is 0 Å². The molecule has 0 bridgehead atoms. The molecule has 1 N–H and O–H groups in total. The molecule has 0 aliphatic rings. The van der Waals surface area contributed by atoms with Gasteiger partial charge in [0.25, 0.3) is 5.91 Å². The van der Waals surface area contributed by atoms with Gasteiger partial charge in [-0.05, 0) is 6.92 Å². The van der Waals surface area contributed by atoms with Crippen molar-refractivity contribution < 1.29 is 18.8 Å². The van der Waals surface area contributed by atoms with E-state index in [0.29, 0.717) is 5.76 Å². The fourth-order valence-electron chi connectivity index (χ4n) is 1.80. The molecule has 0 aliphatic carbocycles. The summed E-state index contributed by atoms with van der Waals surface area (Å²) in [5, 5.41) is 6.41. The molecule has 0 saturated heterocycles. The van der Waals surface area contributed by atoms with Gasteiger partial charge in [-0.2, -0.15) is 0 Å². The van der Waals surface area contributed by atoms with Crippen molar-refractivity contribution in [2.75, 3.05) is 7.11 Å². The van der Waals surface area contributed by atoms with Crippen LogP contribution in [0.25, 0.3) is 11.3 Å². The molecule has 6 heteroatoms. The normalized spacial score (nSPS) is 11.7. The Balaban J connectivity index is 2.01. The molecule has 0 spiro atoms. The molecular formula is C15H16N2O4. The van der Waals surface area contributed by atoms with E-state index in [-0.39, 0.29) is 24.1 Å². The van der Waals surface area contributed by atoms with Crippen molar-refractivity contribution in [2.24, 2.45) is 0 Å². The van der Waals surface area contributed by atoms with Gasteiger partial charge in [0.05, 0.1) is 13.5 Å².